The van der Waals surface area contributed by atoms with Gasteiger partial charge in [0, 0.05) is 36.2 Å². The Labute approximate surface area is 113 Å². The number of likely N-dealkylation sites (N-methyl/N-ethyl adjacent to an activating group) is 1. The molecule has 1 heterocycles. The van der Waals surface area contributed by atoms with Gasteiger partial charge in [-0.2, -0.15) is 0 Å². The predicted octanol–water partition coefficient (Wildman–Crippen LogP) is 2.98. The molecule has 94 valence electrons. The molecule has 0 saturated carbocycles. The number of halogens is 1. The van der Waals surface area contributed by atoms with Crippen molar-refractivity contribution in [3.8, 4) is 0 Å². The second-order valence-corrected chi connectivity index (χ2v) is 6.49. The third-order valence-electron chi connectivity index (χ3n) is 3.71. The summed E-state index contributed by atoms with van der Waals surface area (Å²) < 4.78 is 1.15. The number of piperazine rings is 1. The molecule has 2 rings (SSSR count). The second-order valence-electron chi connectivity index (χ2n) is 5.57. The van der Waals surface area contributed by atoms with Gasteiger partial charge in [-0.15, -0.1) is 0 Å². The minimum absolute atomic E-state index is 0.285. The van der Waals surface area contributed by atoms with Gasteiger partial charge in [-0.3, -0.25) is 9.80 Å². The fourth-order valence-electron chi connectivity index (χ4n) is 2.32. The van der Waals surface area contributed by atoms with E-state index in [4.69, 9.17) is 0 Å². The zero-order valence-corrected chi connectivity index (χ0v) is 12.5. The summed E-state index contributed by atoms with van der Waals surface area (Å²) in [6.07, 6.45) is 0. The number of benzene rings is 1. The lowest BCUT2D eigenvalue weighted by Gasteiger charge is -2.45. The Bertz CT molecular complexity index is 372. The molecule has 1 aliphatic rings. The summed E-state index contributed by atoms with van der Waals surface area (Å²) in [7, 11) is 2.22. The summed E-state index contributed by atoms with van der Waals surface area (Å²) in [6, 6.07) is 8.65. The van der Waals surface area contributed by atoms with Crippen LogP contribution < -0.4 is 0 Å². The fourth-order valence-corrected chi connectivity index (χ4v) is 2.59. The van der Waals surface area contributed by atoms with Crippen LogP contribution in [0.25, 0.3) is 0 Å². The molecule has 0 N–H and O–H groups in total. The molecular weight excluding hydrogens is 276 g/mol. The van der Waals surface area contributed by atoms with Gasteiger partial charge in [0.25, 0.3) is 0 Å². The predicted molar refractivity (Wildman–Crippen MR) is 76.1 cm³/mol. The van der Waals surface area contributed by atoms with Crippen molar-refractivity contribution in [1.29, 1.82) is 0 Å². The quantitative estimate of drug-likeness (QED) is 0.828. The van der Waals surface area contributed by atoms with E-state index in [-0.39, 0.29) is 5.54 Å². The first kappa shape index (κ1) is 13.1. The smallest absolute Gasteiger partial charge is 0.0277 e. The van der Waals surface area contributed by atoms with Crippen molar-refractivity contribution in [1.82, 2.24) is 9.80 Å². The Hall–Kier alpha value is -0.380. The molecule has 0 radical (unpaired) electrons. The zero-order valence-electron chi connectivity index (χ0n) is 10.9. The average Bonchev–Trinajstić information content (AvgIpc) is 2.26. The van der Waals surface area contributed by atoms with Crippen molar-refractivity contribution in [2.45, 2.75) is 25.9 Å². The first-order chi connectivity index (χ1) is 7.97. The molecule has 1 saturated heterocycles. The summed E-state index contributed by atoms with van der Waals surface area (Å²) in [5.41, 5.74) is 1.68. The highest BCUT2D eigenvalue weighted by Gasteiger charge is 2.30. The van der Waals surface area contributed by atoms with E-state index in [9.17, 15) is 0 Å². The van der Waals surface area contributed by atoms with Gasteiger partial charge in [0.05, 0.1) is 0 Å². The monoisotopic (exact) mass is 296 g/mol. The van der Waals surface area contributed by atoms with E-state index in [1.54, 1.807) is 0 Å². The van der Waals surface area contributed by atoms with E-state index < -0.39 is 0 Å². The fraction of sp³-hybridized carbons (Fsp3) is 0.571. The molecule has 0 spiro atoms. The van der Waals surface area contributed by atoms with Crippen LogP contribution in [0.5, 0.6) is 0 Å². The van der Waals surface area contributed by atoms with Crippen molar-refractivity contribution < 1.29 is 0 Å². The molecule has 0 aromatic heterocycles. The maximum Gasteiger partial charge on any atom is 0.0277 e. The van der Waals surface area contributed by atoms with E-state index in [0.29, 0.717) is 0 Å². The molecule has 0 aliphatic carbocycles. The highest BCUT2D eigenvalue weighted by atomic mass is 79.9. The Morgan fingerprint density at radius 3 is 2.41 bits per heavy atom. The lowest BCUT2D eigenvalue weighted by molar-refractivity contribution is 0.0360. The average molecular weight is 297 g/mol. The van der Waals surface area contributed by atoms with E-state index in [1.807, 2.05) is 0 Å². The van der Waals surface area contributed by atoms with Gasteiger partial charge >= 0.3 is 0 Å². The first-order valence-electron chi connectivity index (χ1n) is 6.15. The van der Waals surface area contributed by atoms with Crippen molar-refractivity contribution >= 4 is 15.9 Å². The van der Waals surface area contributed by atoms with Gasteiger partial charge in [-0.1, -0.05) is 28.1 Å². The molecule has 1 aliphatic heterocycles. The summed E-state index contributed by atoms with van der Waals surface area (Å²) in [4.78, 5) is 4.99. The van der Waals surface area contributed by atoms with Gasteiger partial charge in [-0.05, 0) is 38.6 Å². The molecule has 1 aromatic carbocycles. The highest BCUT2D eigenvalue weighted by molar-refractivity contribution is 9.10. The van der Waals surface area contributed by atoms with Crippen LogP contribution in [-0.4, -0.2) is 42.0 Å². The summed E-state index contributed by atoms with van der Waals surface area (Å²) in [5.74, 6) is 0. The molecule has 17 heavy (non-hydrogen) atoms. The largest absolute Gasteiger partial charge is 0.299 e. The molecule has 2 nitrogen and oxygen atoms in total. The summed E-state index contributed by atoms with van der Waals surface area (Å²) in [6.45, 7) is 9.16. The summed E-state index contributed by atoms with van der Waals surface area (Å²) >= 11 is 3.48. The number of hydrogen-bond acceptors (Lipinski definition) is 2. The minimum atomic E-state index is 0.285. The first-order valence-corrected chi connectivity index (χ1v) is 6.95. The highest BCUT2D eigenvalue weighted by Crippen LogP contribution is 2.21. The Morgan fingerprint density at radius 1 is 1.18 bits per heavy atom. The van der Waals surface area contributed by atoms with Gasteiger partial charge in [0.2, 0.25) is 0 Å². The molecule has 3 heteroatoms. The topological polar surface area (TPSA) is 6.48 Å². The summed E-state index contributed by atoms with van der Waals surface area (Å²) in [5, 5.41) is 0. The normalized spacial score (nSPS) is 21.6. The molecule has 0 bridgehead atoms. The van der Waals surface area contributed by atoms with Crippen LogP contribution in [0.15, 0.2) is 28.7 Å². The van der Waals surface area contributed by atoms with E-state index >= 15 is 0 Å². The lowest BCUT2D eigenvalue weighted by atomic mass is 9.99. The maximum absolute atomic E-state index is 3.48. The van der Waals surface area contributed by atoms with Crippen LogP contribution in [0, 0.1) is 0 Å². The van der Waals surface area contributed by atoms with Gasteiger partial charge in [-0.25, -0.2) is 0 Å². The van der Waals surface area contributed by atoms with Gasteiger partial charge in [0.15, 0.2) is 0 Å². The Balaban J connectivity index is 1.98. The molecule has 0 unspecified atom stereocenters. The van der Waals surface area contributed by atoms with Crippen LogP contribution in [0.4, 0.5) is 0 Å². The SMILES string of the molecule is CN1CCN(Cc2ccc(Br)cc2)CC1(C)C. The standard InChI is InChI=1S/C14H21BrN2/c1-14(2)11-17(9-8-16(14)3)10-12-4-6-13(15)7-5-12/h4-7H,8-11H2,1-3H3. The van der Waals surface area contributed by atoms with E-state index in [2.05, 4.69) is 70.9 Å². The van der Waals surface area contributed by atoms with Gasteiger partial charge in [0.1, 0.15) is 0 Å². The Morgan fingerprint density at radius 2 is 1.82 bits per heavy atom. The van der Waals surface area contributed by atoms with Crippen LogP contribution in [0.3, 0.4) is 0 Å². The van der Waals surface area contributed by atoms with E-state index in [0.717, 1.165) is 30.7 Å². The van der Waals surface area contributed by atoms with Crippen LogP contribution in [-0.2, 0) is 6.54 Å². The van der Waals surface area contributed by atoms with Crippen molar-refractivity contribution in [2.24, 2.45) is 0 Å². The molecule has 1 fully saturated rings. The third kappa shape index (κ3) is 3.30. The number of hydrogen-bond donors (Lipinski definition) is 0. The molecule has 0 amide bonds. The maximum atomic E-state index is 3.48. The van der Waals surface area contributed by atoms with E-state index in [1.165, 1.54) is 5.56 Å². The van der Waals surface area contributed by atoms with Crippen LogP contribution >= 0.6 is 15.9 Å². The lowest BCUT2D eigenvalue weighted by Crippen LogP contribution is -2.57. The minimum Gasteiger partial charge on any atom is -0.299 e. The van der Waals surface area contributed by atoms with Gasteiger partial charge < -0.3 is 0 Å². The Kier molecular flexibility index (Phi) is 3.91. The van der Waals surface area contributed by atoms with Crippen LogP contribution in [0.2, 0.25) is 0 Å². The van der Waals surface area contributed by atoms with Crippen LogP contribution in [0.1, 0.15) is 19.4 Å². The zero-order chi connectivity index (χ0) is 12.5. The van der Waals surface area contributed by atoms with Crippen molar-refractivity contribution in [3.63, 3.8) is 0 Å². The third-order valence-corrected chi connectivity index (χ3v) is 4.24. The molecular formula is C14H21BrN2. The second kappa shape index (κ2) is 5.09. The molecule has 0 atom stereocenters. The van der Waals surface area contributed by atoms with Crippen molar-refractivity contribution in [3.05, 3.63) is 34.3 Å². The number of rotatable bonds is 2. The number of nitrogens with zero attached hydrogens (tertiary/aromatic N) is 2. The molecule has 1 aromatic rings. The van der Waals surface area contributed by atoms with Crippen molar-refractivity contribution in [2.75, 3.05) is 26.7 Å².